The average molecular weight is 526 g/mol. The van der Waals surface area contributed by atoms with E-state index < -0.39 is 5.91 Å². The van der Waals surface area contributed by atoms with Crippen molar-refractivity contribution in [1.29, 1.82) is 0 Å². The van der Waals surface area contributed by atoms with E-state index in [4.69, 9.17) is 55.7 Å². The van der Waals surface area contributed by atoms with E-state index in [-0.39, 0.29) is 29.7 Å². The molecule has 0 saturated heterocycles. The molecule has 7 nitrogen and oxygen atoms in total. The lowest BCUT2D eigenvalue weighted by Crippen LogP contribution is -2.16. The fourth-order valence-corrected chi connectivity index (χ4v) is 3.93. The predicted molar refractivity (Wildman–Crippen MR) is 128 cm³/mol. The van der Waals surface area contributed by atoms with Crippen molar-refractivity contribution in [2.75, 3.05) is 5.32 Å². The Morgan fingerprint density at radius 2 is 1.70 bits per heavy atom. The van der Waals surface area contributed by atoms with E-state index in [9.17, 15) is 4.79 Å². The Morgan fingerprint density at radius 3 is 2.42 bits per heavy atom. The van der Waals surface area contributed by atoms with Gasteiger partial charge in [0.1, 0.15) is 23.1 Å². The summed E-state index contributed by atoms with van der Waals surface area (Å²) in [5, 5.41) is 12.5. The number of nitrogens with zero attached hydrogens (tertiary/aromatic N) is 3. The molecule has 170 valence electrons. The molecule has 2 aromatic heterocycles. The van der Waals surface area contributed by atoms with Gasteiger partial charge in [-0.15, -0.1) is 0 Å². The highest BCUT2D eigenvalue weighted by Gasteiger charge is 2.23. The molecule has 4 aromatic rings. The maximum Gasteiger partial charge on any atom is 0.279 e. The molecule has 0 unspecified atom stereocenters. The van der Waals surface area contributed by atoms with Crippen molar-refractivity contribution in [1.82, 2.24) is 14.9 Å². The van der Waals surface area contributed by atoms with Crippen LogP contribution in [0.2, 0.25) is 20.1 Å². The first-order valence-electron chi connectivity index (χ1n) is 9.63. The van der Waals surface area contributed by atoms with Gasteiger partial charge in [-0.3, -0.25) is 9.48 Å². The standard InChI is InChI=1S/C22H16Cl4N4O3/c1-12-14(11-32-19-8-3-2-5-17(19)25)20(29-33-12)22(31)27-21-18(26)10-30(28-21)9-13-15(23)6-4-7-16(13)24/h2-8,10H,9,11H2,1H3,(H,27,28,31). The number of para-hydroxylation sites is 1. The zero-order chi connectivity index (χ0) is 23.5. The number of aryl methyl sites for hydroxylation is 1. The first kappa shape index (κ1) is 23.4. The van der Waals surface area contributed by atoms with Crippen LogP contribution in [0.25, 0.3) is 0 Å². The summed E-state index contributed by atoms with van der Waals surface area (Å²) < 4.78 is 12.5. The molecule has 33 heavy (non-hydrogen) atoms. The number of carbonyl (C=O) groups excluding carboxylic acids is 1. The molecule has 0 aliphatic rings. The van der Waals surface area contributed by atoms with Crippen LogP contribution >= 0.6 is 46.4 Å². The molecule has 0 atom stereocenters. The molecule has 0 aliphatic heterocycles. The van der Waals surface area contributed by atoms with Crippen LogP contribution in [-0.2, 0) is 13.2 Å². The highest BCUT2D eigenvalue weighted by Crippen LogP contribution is 2.28. The van der Waals surface area contributed by atoms with E-state index in [1.807, 2.05) is 0 Å². The number of amides is 1. The van der Waals surface area contributed by atoms with Crippen molar-refractivity contribution in [3.8, 4) is 5.75 Å². The third-order valence-electron chi connectivity index (χ3n) is 4.74. The van der Waals surface area contributed by atoms with E-state index in [2.05, 4.69) is 15.6 Å². The molecule has 0 saturated carbocycles. The van der Waals surface area contributed by atoms with Crippen LogP contribution in [0.5, 0.6) is 5.75 Å². The molecule has 0 aliphatic carbocycles. The molecule has 1 N–H and O–H groups in total. The Bertz CT molecular complexity index is 1300. The van der Waals surface area contributed by atoms with Gasteiger partial charge in [0, 0.05) is 21.8 Å². The smallest absolute Gasteiger partial charge is 0.279 e. The summed E-state index contributed by atoms with van der Waals surface area (Å²) in [5.74, 6) is 0.527. The number of anilines is 1. The Balaban J connectivity index is 1.50. The monoisotopic (exact) mass is 524 g/mol. The summed E-state index contributed by atoms with van der Waals surface area (Å²) in [4.78, 5) is 12.9. The third kappa shape index (κ3) is 5.28. The number of rotatable bonds is 7. The molecule has 0 spiro atoms. The topological polar surface area (TPSA) is 82.2 Å². The molecule has 0 bridgehead atoms. The van der Waals surface area contributed by atoms with E-state index in [1.54, 1.807) is 55.6 Å². The molecule has 4 rings (SSSR count). The summed E-state index contributed by atoms with van der Waals surface area (Å²) in [6, 6.07) is 12.2. The Morgan fingerprint density at radius 1 is 1.00 bits per heavy atom. The zero-order valence-electron chi connectivity index (χ0n) is 17.1. The fourth-order valence-electron chi connectivity index (χ4n) is 3.03. The number of hydrogen-bond acceptors (Lipinski definition) is 5. The third-order valence-corrected chi connectivity index (χ3v) is 6.04. The van der Waals surface area contributed by atoms with Crippen LogP contribution in [0.4, 0.5) is 5.82 Å². The summed E-state index contributed by atoms with van der Waals surface area (Å²) >= 11 is 24.9. The minimum Gasteiger partial charge on any atom is -0.487 e. The van der Waals surface area contributed by atoms with E-state index in [0.29, 0.717) is 37.7 Å². The van der Waals surface area contributed by atoms with Gasteiger partial charge in [0.15, 0.2) is 11.5 Å². The van der Waals surface area contributed by atoms with E-state index in [1.165, 1.54) is 4.68 Å². The van der Waals surface area contributed by atoms with Gasteiger partial charge in [-0.1, -0.05) is 69.8 Å². The Kier molecular flexibility index (Phi) is 7.14. The summed E-state index contributed by atoms with van der Waals surface area (Å²) in [7, 11) is 0. The molecule has 0 fully saturated rings. The SMILES string of the molecule is Cc1onc(C(=O)Nc2nn(Cc3c(Cl)cccc3Cl)cc2Cl)c1COc1ccccc1Cl. The number of hydrogen-bond donors (Lipinski definition) is 1. The minimum atomic E-state index is -0.549. The van der Waals surface area contributed by atoms with Crippen LogP contribution in [0.1, 0.15) is 27.4 Å². The van der Waals surface area contributed by atoms with Crippen molar-refractivity contribution >= 4 is 58.1 Å². The van der Waals surface area contributed by atoms with Gasteiger partial charge in [0.05, 0.1) is 17.1 Å². The number of carbonyl (C=O) groups is 1. The Labute approximate surface area is 209 Å². The van der Waals surface area contributed by atoms with Gasteiger partial charge >= 0.3 is 0 Å². The van der Waals surface area contributed by atoms with Crippen molar-refractivity contribution in [3.63, 3.8) is 0 Å². The maximum atomic E-state index is 12.9. The van der Waals surface area contributed by atoms with Crippen molar-refractivity contribution < 1.29 is 14.1 Å². The van der Waals surface area contributed by atoms with Crippen LogP contribution in [0.15, 0.2) is 53.2 Å². The molecular weight excluding hydrogens is 510 g/mol. The van der Waals surface area contributed by atoms with Crippen LogP contribution in [0, 0.1) is 6.92 Å². The first-order valence-corrected chi connectivity index (χ1v) is 11.1. The number of aromatic nitrogens is 3. The zero-order valence-corrected chi connectivity index (χ0v) is 20.1. The minimum absolute atomic E-state index is 0.0367. The van der Waals surface area contributed by atoms with Crippen molar-refractivity contribution in [3.05, 3.63) is 91.3 Å². The first-order chi connectivity index (χ1) is 15.8. The lowest BCUT2D eigenvalue weighted by Gasteiger charge is -2.08. The van der Waals surface area contributed by atoms with Gasteiger partial charge in [-0.2, -0.15) is 5.10 Å². The van der Waals surface area contributed by atoms with Crippen LogP contribution < -0.4 is 10.1 Å². The van der Waals surface area contributed by atoms with Crippen molar-refractivity contribution in [2.45, 2.75) is 20.1 Å². The van der Waals surface area contributed by atoms with E-state index >= 15 is 0 Å². The summed E-state index contributed by atoms with van der Waals surface area (Å²) in [6.45, 7) is 1.99. The lowest BCUT2D eigenvalue weighted by atomic mass is 10.2. The largest absolute Gasteiger partial charge is 0.487 e. The van der Waals surface area contributed by atoms with Crippen molar-refractivity contribution in [2.24, 2.45) is 0 Å². The normalized spacial score (nSPS) is 10.9. The number of benzene rings is 2. The summed E-state index contributed by atoms with van der Waals surface area (Å²) in [5.41, 5.74) is 1.22. The van der Waals surface area contributed by atoms with Gasteiger partial charge < -0.3 is 14.6 Å². The van der Waals surface area contributed by atoms with E-state index in [0.717, 1.165) is 0 Å². The quantitative estimate of drug-likeness (QED) is 0.291. The molecule has 11 heteroatoms. The Hall–Kier alpha value is -2.71. The number of ether oxygens (including phenoxy) is 1. The molecular formula is C22H16Cl4N4O3. The van der Waals surface area contributed by atoms with Gasteiger partial charge in [-0.25, -0.2) is 0 Å². The summed E-state index contributed by atoms with van der Waals surface area (Å²) in [6.07, 6.45) is 1.56. The maximum absolute atomic E-state index is 12.9. The van der Waals surface area contributed by atoms with Crippen LogP contribution in [0.3, 0.4) is 0 Å². The fraction of sp³-hybridized carbons (Fsp3) is 0.136. The molecule has 0 radical (unpaired) electrons. The lowest BCUT2D eigenvalue weighted by molar-refractivity contribution is 0.101. The predicted octanol–water partition coefficient (Wildman–Crippen LogP) is 6.67. The molecule has 2 aromatic carbocycles. The molecule has 2 heterocycles. The second-order valence-corrected chi connectivity index (χ2v) is 8.59. The van der Waals surface area contributed by atoms with Gasteiger partial charge in [0.25, 0.3) is 5.91 Å². The highest BCUT2D eigenvalue weighted by atomic mass is 35.5. The second kappa shape index (κ2) is 10.1. The molecule has 1 amide bonds. The average Bonchev–Trinajstić information content (AvgIpc) is 3.32. The van der Waals surface area contributed by atoms with Gasteiger partial charge in [0.2, 0.25) is 0 Å². The highest BCUT2D eigenvalue weighted by molar-refractivity contribution is 6.36. The second-order valence-electron chi connectivity index (χ2n) is 6.96. The number of halogens is 4. The van der Waals surface area contributed by atoms with Gasteiger partial charge in [-0.05, 0) is 31.2 Å². The number of nitrogens with one attached hydrogen (secondary N) is 1. The van der Waals surface area contributed by atoms with Crippen LogP contribution in [-0.4, -0.2) is 20.8 Å².